The molecule has 3 unspecified atom stereocenters. The number of phosphoric acid groups is 1. The normalized spacial score (nSPS) is 13.7. The van der Waals surface area contributed by atoms with Gasteiger partial charge in [-0.1, -0.05) is 236 Å². The molecule has 72 heavy (non-hydrogen) atoms. The third kappa shape index (κ3) is 52.3. The van der Waals surface area contributed by atoms with Gasteiger partial charge in [0, 0.05) is 19.3 Å². The number of hydrogen-bond donors (Lipinski definition) is 2. The minimum Gasteiger partial charge on any atom is -0.462 e. The summed E-state index contributed by atoms with van der Waals surface area (Å²) in [6.07, 6.45) is 57.9. The van der Waals surface area contributed by atoms with Crippen molar-refractivity contribution in [3.63, 3.8) is 0 Å². The zero-order valence-corrected chi connectivity index (χ0v) is 47.3. The van der Waals surface area contributed by atoms with E-state index in [1.54, 1.807) is 0 Å². The quantitative estimate of drug-likeness (QED) is 0.0197. The topological polar surface area (TPSA) is 155 Å². The highest BCUT2D eigenvalue weighted by Gasteiger charge is 2.28. The number of aliphatic hydroxyl groups excluding tert-OH is 1. The van der Waals surface area contributed by atoms with Gasteiger partial charge in [0.15, 0.2) is 6.10 Å². The second-order valence-corrected chi connectivity index (χ2v) is 21.2. The number of rotatable bonds is 55. The van der Waals surface area contributed by atoms with E-state index < -0.39 is 57.8 Å². The number of carbonyl (C=O) groups is 3. The molecule has 0 heterocycles. The number of carbonyl (C=O) groups excluding carboxylic acids is 3. The maximum absolute atomic E-state index is 12.9. The van der Waals surface area contributed by atoms with Crippen LogP contribution >= 0.6 is 7.82 Å². The molecule has 12 heteroatoms. The standard InChI is InChI=1S/C60H109O11P/c1-4-7-10-13-16-19-22-24-26-27-28-29-31-32-35-37-40-43-46-49-58(62)67-53-57(71-60(64)51-48-45-42-39-36-33-30-25-23-20-17-14-11-8-5-2)55-69-72(65,66)68-54-56(52-61)70-59(63)50-47-44-41-38-34-21-18-15-12-9-6-3/h8,11,15,17-18,20,25,30,56-57,61H,4-7,9-10,12-14,16,19,21-24,26-29,31-55H2,1-3H3,(H,65,66)/b11-8-,18-15-,20-17-,30-25-. The van der Waals surface area contributed by atoms with Gasteiger partial charge in [0.05, 0.1) is 19.8 Å². The van der Waals surface area contributed by atoms with E-state index in [1.165, 1.54) is 109 Å². The van der Waals surface area contributed by atoms with E-state index >= 15 is 0 Å². The van der Waals surface area contributed by atoms with Gasteiger partial charge in [0.1, 0.15) is 12.7 Å². The summed E-state index contributed by atoms with van der Waals surface area (Å²) in [5.41, 5.74) is 0. The molecule has 420 valence electrons. The van der Waals surface area contributed by atoms with Gasteiger partial charge in [-0.3, -0.25) is 23.4 Å². The van der Waals surface area contributed by atoms with Gasteiger partial charge in [-0.15, -0.1) is 0 Å². The molecular formula is C60H109O11P. The van der Waals surface area contributed by atoms with E-state index in [1.807, 2.05) is 0 Å². The minimum absolute atomic E-state index is 0.150. The summed E-state index contributed by atoms with van der Waals surface area (Å²) in [4.78, 5) is 48.5. The molecule has 0 aliphatic carbocycles. The molecule has 0 rings (SSSR count). The van der Waals surface area contributed by atoms with Crippen molar-refractivity contribution in [1.82, 2.24) is 0 Å². The summed E-state index contributed by atoms with van der Waals surface area (Å²) in [6, 6.07) is 0. The van der Waals surface area contributed by atoms with Crippen LogP contribution in [0.3, 0.4) is 0 Å². The van der Waals surface area contributed by atoms with E-state index in [9.17, 15) is 28.9 Å². The van der Waals surface area contributed by atoms with Crippen molar-refractivity contribution in [2.24, 2.45) is 0 Å². The van der Waals surface area contributed by atoms with Crippen molar-refractivity contribution in [3.05, 3.63) is 48.6 Å². The van der Waals surface area contributed by atoms with Crippen molar-refractivity contribution < 1.29 is 52.2 Å². The van der Waals surface area contributed by atoms with Crippen LogP contribution in [0.4, 0.5) is 0 Å². The van der Waals surface area contributed by atoms with Crippen molar-refractivity contribution in [2.45, 2.75) is 290 Å². The number of hydrogen-bond acceptors (Lipinski definition) is 10. The van der Waals surface area contributed by atoms with Crippen LogP contribution in [0, 0.1) is 0 Å². The SMILES string of the molecule is CC/C=C\C/C=C\C/C=C\CCCCCCCC(=O)OC(COC(=O)CCCCCCCCCCCCCCCCCCCCC)COP(=O)(O)OCC(CO)OC(=O)CCCCCCC/C=C\CCCC. The fourth-order valence-corrected chi connectivity index (χ4v) is 9.02. The molecule has 3 atom stereocenters. The lowest BCUT2D eigenvalue weighted by Gasteiger charge is -2.21. The van der Waals surface area contributed by atoms with E-state index in [2.05, 4.69) is 69.4 Å². The van der Waals surface area contributed by atoms with Crippen LogP contribution in [-0.4, -0.2) is 66.5 Å². The zero-order valence-electron chi connectivity index (χ0n) is 46.4. The number of esters is 3. The Morgan fingerprint density at radius 2 is 0.736 bits per heavy atom. The molecular weight excluding hydrogens is 928 g/mol. The molecule has 11 nitrogen and oxygen atoms in total. The predicted octanol–water partition coefficient (Wildman–Crippen LogP) is 17.4. The summed E-state index contributed by atoms with van der Waals surface area (Å²) < 4.78 is 39.5. The highest BCUT2D eigenvalue weighted by atomic mass is 31.2. The van der Waals surface area contributed by atoms with Crippen molar-refractivity contribution in [2.75, 3.05) is 26.4 Å². The number of ether oxygens (including phenoxy) is 3. The number of aliphatic hydroxyl groups is 1. The van der Waals surface area contributed by atoms with Crippen LogP contribution in [0.1, 0.15) is 278 Å². The first kappa shape index (κ1) is 69.4. The monoisotopic (exact) mass is 1040 g/mol. The molecule has 0 aliphatic rings. The first-order valence-electron chi connectivity index (χ1n) is 29.5. The lowest BCUT2D eigenvalue weighted by molar-refractivity contribution is -0.161. The molecule has 0 saturated carbocycles. The Bertz CT molecular complexity index is 1400. The predicted molar refractivity (Wildman–Crippen MR) is 298 cm³/mol. The highest BCUT2D eigenvalue weighted by Crippen LogP contribution is 2.43. The molecule has 0 aromatic rings. The van der Waals surface area contributed by atoms with Crippen molar-refractivity contribution in [1.29, 1.82) is 0 Å². The fraction of sp³-hybridized carbons (Fsp3) is 0.817. The summed E-state index contributed by atoms with van der Waals surface area (Å²) in [5, 5.41) is 9.79. The molecule has 2 N–H and O–H groups in total. The van der Waals surface area contributed by atoms with E-state index in [-0.39, 0.29) is 25.9 Å². The Morgan fingerprint density at radius 1 is 0.403 bits per heavy atom. The van der Waals surface area contributed by atoms with E-state index in [0.29, 0.717) is 19.3 Å². The third-order valence-electron chi connectivity index (χ3n) is 12.7. The molecule has 0 amide bonds. The highest BCUT2D eigenvalue weighted by molar-refractivity contribution is 7.47. The van der Waals surface area contributed by atoms with Crippen LogP contribution < -0.4 is 0 Å². The lowest BCUT2D eigenvalue weighted by Crippen LogP contribution is -2.30. The first-order chi connectivity index (χ1) is 35.2. The average molecular weight is 1040 g/mol. The van der Waals surface area contributed by atoms with Crippen LogP contribution in [0.15, 0.2) is 48.6 Å². The van der Waals surface area contributed by atoms with Crippen LogP contribution in [0.2, 0.25) is 0 Å². The van der Waals surface area contributed by atoms with Crippen LogP contribution in [-0.2, 0) is 42.2 Å². The largest absolute Gasteiger partial charge is 0.472 e. The first-order valence-corrected chi connectivity index (χ1v) is 31.0. The van der Waals surface area contributed by atoms with Crippen molar-refractivity contribution in [3.8, 4) is 0 Å². The average Bonchev–Trinajstić information content (AvgIpc) is 3.37. The fourth-order valence-electron chi connectivity index (χ4n) is 8.24. The third-order valence-corrected chi connectivity index (χ3v) is 13.7. The summed E-state index contributed by atoms with van der Waals surface area (Å²) >= 11 is 0. The van der Waals surface area contributed by atoms with Gasteiger partial charge in [0.2, 0.25) is 0 Å². The maximum atomic E-state index is 12.9. The van der Waals surface area contributed by atoms with Gasteiger partial charge < -0.3 is 24.2 Å². The Hall–Kier alpha value is -2.56. The van der Waals surface area contributed by atoms with Crippen LogP contribution in [0.25, 0.3) is 0 Å². The van der Waals surface area contributed by atoms with Gasteiger partial charge in [-0.25, -0.2) is 4.57 Å². The minimum atomic E-state index is -4.75. The van der Waals surface area contributed by atoms with Crippen LogP contribution in [0.5, 0.6) is 0 Å². The molecule has 0 spiro atoms. The Labute approximate surface area is 441 Å². The molecule has 0 saturated heterocycles. The summed E-state index contributed by atoms with van der Waals surface area (Å²) in [5.74, 6) is -1.48. The molecule has 0 fully saturated rings. The Morgan fingerprint density at radius 3 is 1.17 bits per heavy atom. The van der Waals surface area contributed by atoms with E-state index in [0.717, 1.165) is 109 Å². The Kier molecular flexibility index (Phi) is 52.7. The smallest absolute Gasteiger partial charge is 0.462 e. The zero-order chi connectivity index (χ0) is 52.7. The molecule has 0 aromatic heterocycles. The molecule has 0 radical (unpaired) electrons. The Balaban J connectivity index is 4.69. The number of unbranched alkanes of at least 4 members (excludes halogenated alkanes) is 30. The summed E-state index contributed by atoms with van der Waals surface area (Å²) in [6.45, 7) is 4.50. The molecule has 0 bridgehead atoms. The second-order valence-electron chi connectivity index (χ2n) is 19.8. The van der Waals surface area contributed by atoms with Gasteiger partial charge in [-0.05, 0) is 70.6 Å². The second kappa shape index (κ2) is 54.7. The summed E-state index contributed by atoms with van der Waals surface area (Å²) in [7, 11) is -4.75. The number of allylic oxidation sites excluding steroid dienone is 8. The molecule has 0 aliphatic heterocycles. The van der Waals surface area contributed by atoms with Crippen molar-refractivity contribution >= 4 is 25.7 Å². The maximum Gasteiger partial charge on any atom is 0.472 e. The molecule has 0 aromatic carbocycles. The van der Waals surface area contributed by atoms with E-state index in [4.69, 9.17) is 23.3 Å². The number of phosphoric ester groups is 1. The van der Waals surface area contributed by atoms with Gasteiger partial charge >= 0.3 is 25.7 Å². The van der Waals surface area contributed by atoms with Gasteiger partial charge in [0.25, 0.3) is 0 Å². The lowest BCUT2D eigenvalue weighted by atomic mass is 10.0. The van der Waals surface area contributed by atoms with Gasteiger partial charge in [-0.2, -0.15) is 0 Å².